The number of hydrogen-bond acceptors (Lipinski definition) is 1. The van der Waals surface area contributed by atoms with Gasteiger partial charge in [-0.3, -0.25) is 0 Å². The van der Waals surface area contributed by atoms with E-state index in [0.717, 1.165) is 47.5 Å². The summed E-state index contributed by atoms with van der Waals surface area (Å²) in [5.74, 6) is 6.87. The van der Waals surface area contributed by atoms with Crippen molar-refractivity contribution in [1.82, 2.24) is 4.90 Å². The van der Waals surface area contributed by atoms with E-state index in [4.69, 9.17) is 0 Å². The van der Waals surface area contributed by atoms with E-state index in [1.807, 2.05) is 0 Å². The summed E-state index contributed by atoms with van der Waals surface area (Å²) in [6.07, 6.45) is 65.4. The maximum atomic E-state index is 3.11. The molecule has 0 saturated heterocycles. The van der Waals surface area contributed by atoms with E-state index in [2.05, 4.69) is 53.4 Å². The second-order valence-corrected chi connectivity index (χ2v) is 25.3. The molecule has 0 bridgehead atoms. The van der Waals surface area contributed by atoms with Crippen molar-refractivity contribution in [2.75, 3.05) is 13.1 Å². The highest BCUT2D eigenvalue weighted by Gasteiger charge is 2.60. The molecule has 0 spiro atoms. The van der Waals surface area contributed by atoms with Gasteiger partial charge in [0.1, 0.15) is 0 Å². The van der Waals surface area contributed by atoms with Gasteiger partial charge in [0.25, 0.3) is 0 Å². The highest BCUT2D eigenvalue weighted by Crippen LogP contribution is 2.68. The minimum atomic E-state index is 0.621. The lowest BCUT2D eigenvalue weighted by Gasteiger charge is -2.62. The molecule has 0 aromatic carbocycles. The first kappa shape index (κ1) is 56.5. The van der Waals surface area contributed by atoms with Gasteiger partial charge in [0.15, 0.2) is 0 Å². The molecule has 0 N–H and O–H groups in total. The zero-order valence-electron chi connectivity index (χ0n) is 45.6. The normalized spacial score (nSPS) is 28.5. The van der Waals surface area contributed by atoms with Crippen LogP contribution in [0.4, 0.5) is 0 Å². The zero-order valence-corrected chi connectivity index (χ0v) is 45.6. The maximum Gasteiger partial charge on any atom is 0.00983 e. The van der Waals surface area contributed by atoms with Crippen LogP contribution in [-0.4, -0.2) is 24.0 Å². The second-order valence-electron chi connectivity index (χ2n) is 25.3. The number of rotatable bonds is 40. The Bertz CT molecular complexity index is 1060. The molecule has 0 aromatic heterocycles. The lowest BCUT2D eigenvalue weighted by molar-refractivity contribution is -0.124. The molecule has 0 aliphatic heterocycles. The van der Waals surface area contributed by atoms with Crippen LogP contribution in [0.2, 0.25) is 0 Å². The highest BCUT2D eigenvalue weighted by atomic mass is 15.2. The number of fused-ring (bicyclic) bond motifs is 5. The Morgan fingerprint density at radius 2 is 0.812 bits per heavy atom. The summed E-state index contributed by atoms with van der Waals surface area (Å²) in [6, 6.07) is 0.874. The minimum Gasteiger partial charge on any atom is -0.300 e. The van der Waals surface area contributed by atoms with E-state index < -0.39 is 0 Å². The third-order valence-corrected chi connectivity index (χ3v) is 20.0. The van der Waals surface area contributed by atoms with Gasteiger partial charge >= 0.3 is 0 Å². The van der Waals surface area contributed by atoms with Crippen molar-refractivity contribution in [2.24, 2.45) is 52.3 Å². The van der Waals surface area contributed by atoms with E-state index >= 15 is 0 Å². The molecule has 4 aliphatic carbocycles. The topological polar surface area (TPSA) is 3.24 Å². The first-order valence-corrected chi connectivity index (χ1v) is 31.0. The van der Waals surface area contributed by atoms with Gasteiger partial charge in [-0.05, 0) is 136 Å². The lowest BCUT2D eigenvalue weighted by atomic mass is 9.44. The van der Waals surface area contributed by atoms with E-state index in [-0.39, 0.29) is 0 Å². The Hall–Kier alpha value is -0.0400. The van der Waals surface area contributed by atoms with Crippen LogP contribution in [0.25, 0.3) is 0 Å². The summed E-state index contributed by atoms with van der Waals surface area (Å²) in [5.41, 5.74) is 1.26. The fourth-order valence-corrected chi connectivity index (χ4v) is 15.8. The van der Waals surface area contributed by atoms with Gasteiger partial charge in [0, 0.05) is 6.04 Å². The van der Waals surface area contributed by atoms with Crippen LogP contribution in [0.3, 0.4) is 0 Å². The number of hydrogen-bond donors (Lipinski definition) is 0. The molecule has 9 atom stereocenters. The number of nitrogens with zero attached hydrogens (tertiary/aromatic N) is 1. The largest absolute Gasteiger partial charge is 0.300 e. The molecule has 4 saturated carbocycles. The predicted molar refractivity (Wildman–Crippen MR) is 288 cm³/mol. The Kier molecular flexibility index (Phi) is 29.6. The Balaban J connectivity index is 1.17. The smallest absolute Gasteiger partial charge is 0.00983 e. The van der Waals surface area contributed by atoms with Crippen molar-refractivity contribution in [2.45, 2.75) is 337 Å². The fraction of sp³-hybridized carbons (Fsp3) is 1.00. The standard InChI is InChI=1S/C63H121N/c1-8-10-12-14-16-18-20-22-24-26-28-30-32-34-36-38-51-64(52-39-37-35-33-31-29-27-25-23-21-19-17-15-13-11-9-2)57-47-49-62(6)56(53-57)43-44-58-60-46-45-59(55(5)42-40-41-54(3)4)63(60,7)50-48-61(58)62/h54-61H,8-53H2,1-7H3/t55-,56?,57+,58?,59-,60?,61?,62+,63-/m1/s1. The Morgan fingerprint density at radius 1 is 0.406 bits per heavy atom. The monoisotopic (exact) mass is 892 g/mol. The van der Waals surface area contributed by atoms with Crippen molar-refractivity contribution in [3.05, 3.63) is 0 Å². The van der Waals surface area contributed by atoms with E-state index in [1.54, 1.807) is 38.5 Å². The maximum absolute atomic E-state index is 3.11. The van der Waals surface area contributed by atoms with Gasteiger partial charge < -0.3 is 4.90 Å². The molecule has 0 heterocycles. The van der Waals surface area contributed by atoms with Crippen LogP contribution in [0.15, 0.2) is 0 Å². The van der Waals surface area contributed by atoms with Crippen LogP contribution >= 0.6 is 0 Å². The van der Waals surface area contributed by atoms with Gasteiger partial charge in [-0.1, -0.05) is 260 Å². The summed E-state index contributed by atoms with van der Waals surface area (Å²) in [4.78, 5) is 3.11. The van der Waals surface area contributed by atoms with E-state index in [1.165, 1.54) is 257 Å². The van der Waals surface area contributed by atoms with E-state index in [0.29, 0.717) is 10.8 Å². The predicted octanol–water partition coefficient (Wildman–Crippen LogP) is 21.3. The van der Waals surface area contributed by atoms with Crippen molar-refractivity contribution >= 4 is 0 Å². The van der Waals surface area contributed by atoms with Gasteiger partial charge in [-0.2, -0.15) is 0 Å². The first-order chi connectivity index (χ1) is 31.2. The van der Waals surface area contributed by atoms with Crippen LogP contribution in [0.1, 0.15) is 331 Å². The molecule has 4 aliphatic rings. The van der Waals surface area contributed by atoms with Crippen molar-refractivity contribution in [1.29, 1.82) is 0 Å². The molecule has 378 valence electrons. The lowest BCUT2D eigenvalue weighted by Crippen LogP contribution is -2.55. The van der Waals surface area contributed by atoms with Crippen molar-refractivity contribution < 1.29 is 0 Å². The molecule has 4 fully saturated rings. The summed E-state index contributed by atoms with van der Waals surface area (Å²) in [5, 5.41) is 0. The second kappa shape index (κ2) is 33.5. The molecule has 0 aromatic rings. The molecule has 1 heteroatoms. The van der Waals surface area contributed by atoms with Gasteiger partial charge in [-0.25, -0.2) is 0 Å². The molecule has 0 radical (unpaired) electrons. The molecule has 4 unspecified atom stereocenters. The van der Waals surface area contributed by atoms with E-state index in [9.17, 15) is 0 Å². The average molecular weight is 893 g/mol. The summed E-state index contributed by atoms with van der Waals surface area (Å²) >= 11 is 0. The molecular weight excluding hydrogens is 771 g/mol. The third-order valence-electron chi connectivity index (χ3n) is 20.0. The summed E-state index contributed by atoms with van der Waals surface area (Å²) in [6.45, 7) is 20.6. The quantitative estimate of drug-likeness (QED) is 0.0554. The fourth-order valence-electron chi connectivity index (χ4n) is 15.8. The Morgan fingerprint density at radius 3 is 1.25 bits per heavy atom. The molecular formula is C63H121N. The molecule has 4 rings (SSSR count). The summed E-state index contributed by atoms with van der Waals surface area (Å²) < 4.78 is 0. The Labute approximate surface area is 405 Å². The van der Waals surface area contributed by atoms with Crippen LogP contribution in [0.5, 0.6) is 0 Å². The van der Waals surface area contributed by atoms with Gasteiger partial charge in [-0.15, -0.1) is 0 Å². The van der Waals surface area contributed by atoms with Gasteiger partial charge in [0.05, 0.1) is 0 Å². The summed E-state index contributed by atoms with van der Waals surface area (Å²) in [7, 11) is 0. The van der Waals surface area contributed by atoms with Crippen LogP contribution in [-0.2, 0) is 0 Å². The zero-order chi connectivity index (χ0) is 45.7. The SMILES string of the molecule is CCCCCCCCCCCCCCCCCCN(CCCCCCCCCCCCCCCCCC)[C@H]1CC[C@@]2(C)C(CCC3C2CC[C@@]2(C)C3CC[C@@H]2[C@H](C)CCCC(C)C)C1. The highest BCUT2D eigenvalue weighted by molar-refractivity contribution is 5.10. The van der Waals surface area contributed by atoms with Crippen molar-refractivity contribution in [3.8, 4) is 0 Å². The van der Waals surface area contributed by atoms with Gasteiger partial charge in [0.2, 0.25) is 0 Å². The number of unbranched alkanes of at least 4 members (excludes halogenated alkanes) is 30. The van der Waals surface area contributed by atoms with Crippen LogP contribution < -0.4 is 0 Å². The van der Waals surface area contributed by atoms with Crippen LogP contribution in [0, 0.1) is 52.3 Å². The first-order valence-electron chi connectivity index (χ1n) is 31.0. The molecule has 0 amide bonds. The minimum absolute atomic E-state index is 0.621. The molecule has 64 heavy (non-hydrogen) atoms. The third kappa shape index (κ3) is 19.8. The molecule has 1 nitrogen and oxygen atoms in total. The average Bonchev–Trinajstić information content (AvgIpc) is 3.65. The van der Waals surface area contributed by atoms with Crippen molar-refractivity contribution in [3.63, 3.8) is 0 Å².